The Labute approximate surface area is 110 Å². The van der Waals surface area contributed by atoms with Gasteiger partial charge in [-0.05, 0) is 30.7 Å². The largest absolute Gasteiger partial charge is 0.461 e. The van der Waals surface area contributed by atoms with E-state index in [-0.39, 0.29) is 5.78 Å². The van der Waals surface area contributed by atoms with Gasteiger partial charge in [-0.2, -0.15) is 0 Å². The highest BCUT2D eigenvalue weighted by atomic mass is 32.2. The number of thioether (sulfide) groups is 2. The average molecular weight is 268 g/mol. The summed E-state index contributed by atoms with van der Waals surface area (Å²) in [5.41, 5.74) is 0.941. The molecule has 2 rings (SSSR count). The van der Waals surface area contributed by atoms with Crippen molar-refractivity contribution < 1.29 is 9.21 Å². The minimum Gasteiger partial charge on any atom is -0.461 e. The van der Waals surface area contributed by atoms with Crippen molar-refractivity contribution in [2.45, 2.75) is 31.9 Å². The topological polar surface area (TPSA) is 30.2 Å². The molecule has 0 spiro atoms. The van der Waals surface area contributed by atoms with Crippen LogP contribution in [0.4, 0.5) is 0 Å². The van der Waals surface area contributed by atoms with E-state index in [0.717, 1.165) is 24.2 Å². The Morgan fingerprint density at radius 1 is 1.65 bits per heavy atom. The van der Waals surface area contributed by atoms with Crippen molar-refractivity contribution in [1.82, 2.24) is 0 Å². The second-order valence-electron chi connectivity index (χ2n) is 4.05. The van der Waals surface area contributed by atoms with Crippen LogP contribution in [0.25, 0.3) is 0 Å². The summed E-state index contributed by atoms with van der Waals surface area (Å²) >= 11 is 3.62. The van der Waals surface area contributed by atoms with Crippen molar-refractivity contribution in [3.8, 4) is 0 Å². The van der Waals surface area contributed by atoms with Crippen LogP contribution in [0.3, 0.4) is 0 Å². The second-order valence-corrected chi connectivity index (χ2v) is 6.87. The third-order valence-electron chi connectivity index (χ3n) is 2.50. The van der Waals surface area contributed by atoms with E-state index in [0.29, 0.717) is 11.0 Å². The van der Waals surface area contributed by atoms with Crippen molar-refractivity contribution in [2.24, 2.45) is 0 Å². The lowest BCUT2D eigenvalue weighted by atomic mass is 10.1. The first-order valence-electron chi connectivity index (χ1n) is 5.83. The molecule has 1 aliphatic heterocycles. The van der Waals surface area contributed by atoms with Crippen molar-refractivity contribution >= 4 is 29.3 Å². The van der Waals surface area contributed by atoms with Crippen LogP contribution in [-0.2, 0) is 0 Å². The molecular weight excluding hydrogens is 252 g/mol. The first-order chi connectivity index (χ1) is 8.22. The van der Waals surface area contributed by atoms with Crippen LogP contribution in [0.5, 0.6) is 0 Å². The third kappa shape index (κ3) is 2.99. The quantitative estimate of drug-likeness (QED) is 0.743. The molecule has 0 fully saturated rings. The standard InChI is InChI=1S/C13H16O2S2/c1-3-7-16-13-10(8-9(2)17-13)12(14)11-5-4-6-15-11/h4-6,9H,3,7-8H2,1-2H3. The molecule has 2 heterocycles. The first-order valence-corrected chi connectivity index (χ1v) is 7.69. The number of Topliss-reactive ketones (excluding diaryl/α,β-unsaturated/α-hetero) is 1. The van der Waals surface area contributed by atoms with Crippen LogP contribution in [-0.4, -0.2) is 16.8 Å². The van der Waals surface area contributed by atoms with Gasteiger partial charge in [0.25, 0.3) is 0 Å². The lowest BCUT2D eigenvalue weighted by Crippen LogP contribution is -2.03. The summed E-state index contributed by atoms with van der Waals surface area (Å²) in [6.45, 7) is 4.32. The fourth-order valence-corrected chi connectivity index (χ4v) is 4.41. The zero-order valence-electron chi connectivity index (χ0n) is 10.1. The van der Waals surface area contributed by atoms with Gasteiger partial charge in [0.1, 0.15) is 0 Å². The van der Waals surface area contributed by atoms with E-state index in [9.17, 15) is 4.79 Å². The van der Waals surface area contributed by atoms with E-state index in [1.807, 2.05) is 11.8 Å². The number of furan rings is 1. The predicted octanol–water partition coefficient (Wildman–Crippen LogP) is 4.34. The Bertz CT molecular complexity index is 421. The fraction of sp³-hybridized carbons (Fsp3) is 0.462. The molecule has 0 saturated heterocycles. The Hall–Kier alpha value is -0.610. The van der Waals surface area contributed by atoms with Crippen molar-refractivity contribution in [1.29, 1.82) is 0 Å². The number of carbonyl (C=O) groups excluding carboxylic acids is 1. The Balaban J connectivity index is 2.18. The molecule has 1 atom stereocenters. The average Bonchev–Trinajstić information content (AvgIpc) is 2.94. The van der Waals surface area contributed by atoms with Crippen molar-refractivity contribution in [3.63, 3.8) is 0 Å². The molecule has 0 aromatic carbocycles. The molecule has 0 bridgehead atoms. The predicted molar refractivity (Wildman–Crippen MR) is 74.5 cm³/mol. The maximum atomic E-state index is 12.2. The molecule has 1 aromatic heterocycles. The van der Waals surface area contributed by atoms with Gasteiger partial charge in [-0.1, -0.05) is 13.8 Å². The minimum absolute atomic E-state index is 0.0606. The van der Waals surface area contributed by atoms with Gasteiger partial charge in [0, 0.05) is 15.1 Å². The molecular formula is C13H16O2S2. The molecule has 92 valence electrons. The first kappa shape index (κ1) is 12.8. The highest BCUT2D eigenvalue weighted by Crippen LogP contribution is 2.45. The van der Waals surface area contributed by atoms with Gasteiger partial charge in [-0.25, -0.2) is 0 Å². The summed E-state index contributed by atoms with van der Waals surface area (Å²) in [4.78, 5) is 12.2. The third-order valence-corrected chi connectivity index (χ3v) is 5.30. The number of allylic oxidation sites excluding steroid dienone is 1. The zero-order chi connectivity index (χ0) is 12.3. The van der Waals surface area contributed by atoms with Crippen LogP contribution < -0.4 is 0 Å². The SMILES string of the molecule is CCCSC1=C(C(=O)c2ccco2)CC(C)S1. The Morgan fingerprint density at radius 2 is 2.47 bits per heavy atom. The number of hydrogen-bond donors (Lipinski definition) is 0. The van der Waals surface area contributed by atoms with Crippen LogP contribution in [0.1, 0.15) is 37.2 Å². The summed E-state index contributed by atoms with van der Waals surface area (Å²) in [7, 11) is 0. The number of rotatable bonds is 5. The molecule has 17 heavy (non-hydrogen) atoms. The zero-order valence-corrected chi connectivity index (χ0v) is 11.7. The lowest BCUT2D eigenvalue weighted by Gasteiger charge is -2.03. The van der Waals surface area contributed by atoms with Gasteiger partial charge in [0.05, 0.1) is 6.26 Å². The molecule has 1 aromatic rings. The van der Waals surface area contributed by atoms with Gasteiger partial charge >= 0.3 is 0 Å². The van der Waals surface area contributed by atoms with Crippen molar-refractivity contribution in [3.05, 3.63) is 34.0 Å². The van der Waals surface area contributed by atoms with Crippen LogP contribution in [0.15, 0.2) is 32.6 Å². The molecule has 2 nitrogen and oxygen atoms in total. The lowest BCUT2D eigenvalue weighted by molar-refractivity contribution is 0.100. The van der Waals surface area contributed by atoms with Crippen molar-refractivity contribution in [2.75, 3.05) is 5.75 Å². The molecule has 0 aliphatic carbocycles. The minimum atomic E-state index is 0.0606. The summed E-state index contributed by atoms with van der Waals surface area (Å²) in [5, 5.41) is 0.503. The summed E-state index contributed by atoms with van der Waals surface area (Å²) < 4.78 is 6.39. The summed E-state index contributed by atoms with van der Waals surface area (Å²) in [6.07, 6.45) is 3.54. The molecule has 0 radical (unpaired) electrons. The maximum Gasteiger partial charge on any atom is 0.225 e. The van der Waals surface area contributed by atoms with Crippen LogP contribution >= 0.6 is 23.5 Å². The summed E-state index contributed by atoms with van der Waals surface area (Å²) in [5.74, 6) is 1.60. The molecule has 1 aliphatic rings. The number of carbonyl (C=O) groups is 1. The highest BCUT2D eigenvalue weighted by Gasteiger charge is 2.28. The Kier molecular flexibility index (Phi) is 4.40. The molecule has 4 heteroatoms. The highest BCUT2D eigenvalue weighted by molar-refractivity contribution is 8.22. The van der Waals surface area contributed by atoms with E-state index in [1.54, 1.807) is 30.2 Å². The van der Waals surface area contributed by atoms with Gasteiger partial charge in [-0.15, -0.1) is 23.5 Å². The Morgan fingerprint density at radius 3 is 3.12 bits per heavy atom. The molecule has 0 saturated carbocycles. The number of ketones is 1. The van der Waals surface area contributed by atoms with Gasteiger partial charge in [0.15, 0.2) is 5.76 Å². The van der Waals surface area contributed by atoms with E-state index in [4.69, 9.17) is 4.42 Å². The fourth-order valence-electron chi connectivity index (χ4n) is 1.72. The van der Waals surface area contributed by atoms with E-state index in [2.05, 4.69) is 13.8 Å². The summed E-state index contributed by atoms with van der Waals surface area (Å²) in [6, 6.07) is 3.50. The van der Waals surface area contributed by atoms with Gasteiger partial charge < -0.3 is 4.42 Å². The van der Waals surface area contributed by atoms with Crippen LogP contribution in [0.2, 0.25) is 0 Å². The molecule has 0 N–H and O–H groups in total. The maximum absolute atomic E-state index is 12.2. The monoisotopic (exact) mass is 268 g/mol. The normalized spacial score (nSPS) is 20.0. The smallest absolute Gasteiger partial charge is 0.225 e. The van der Waals surface area contributed by atoms with E-state index in [1.165, 1.54) is 4.24 Å². The van der Waals surface area contributed by atoms with Gasteiger partial charge in [-0.3, -0.25) is 4.79 Å². The molecule has 1 unspecified atom stereocenters. The number of hydrogen-bond acceptors (Lipinski definition) is 4. The molecule has 0 amide bonds. The van der Waals surface area contributed by atoms with Gasteiger partial charge in [0.2, 0.25) is 5.78 Å². The van der Waals surface area contributed by atoms with Crippen LogP contribution in [0, 0.1) is 0 Å². The second kappa shape index (κ2) is 5.83. The van der Waals surface area contributed by atoms with E-state index >= 15 is 0 Å². The van der Waals surface area contributed by atoms with E-state index < -0.39 is 0 Å².